The zero-order chi connectivity index (χ0) is 17.8. The number of rotatable bonds is 5. The van der Waals surface area contributed by atoms with Crippen LogP contribution in [0.1, 0.15) is 13.0 Å². The molecular formula is C16H25N7O2. The van der Waals surface area contributed by atoms with Crippen LogP contribution in [-0.4, -0.2) is 70.4 Å². The molecule has 0 aromatic carbocycles. The molecule has 2 aromatic heterocycles. The van der Waals surface area contributed by atoms with Crippen molar-refractivity contribution in [3.8, 4) is 0 Å². The van der Waals surface area contributed by atoms with Gasteiger partial charge in [0.2, 0.25) is 0 Å². The average Bonchev–Trinajstić information content (AvgIpc) is 3.24. The van der Waals surface area contributed by atoms with Crippen LogP contribution in [-0.2, 0) is 11.8 Å². The first-order chi connectivity index (χ1) is 12.1. The molecule has 1 aliphatic heterocycles. The minimum atomic E-state index is -0.115. The highest BCUT2D eigenvalue weighted by Gasteiger charge is 2.22. The molecule has 9 nitrogen and oxygen atoms in total. The van der Waals surface area contributed by atoms with E-state index in [2.05, 4.69) is 20.4 Å². The van der Waals surface area contributed by atoms with E-state index in [4.69, 9.17) is 4.74 Å². The second kappa shape index (κ2) is 7.56. The maximum atomic E-state index is 12.4. The minimum absolute atomic E-state index is 0.115. The number of hydrogen-bond donors (Lipinski definition) is 1. The number of anilines is 2. The highest BCUT2D eigenvalue weighted by atomic mass is 16.5. The summed E-state index contributed by atoms with van der Waals surface area (Å²) in [6.07, 6.45) is 5.69. The molecule has 1 saturated heterocycles. The normalized spacial score (nSPS) is 16.1. The molecule has 3 rings (SSSR count). The van der Waals surface area contributed by atoms with Crippen molar-refractivity contribution in [3.63, 3.8) is 0 Å². The number of hydrogen-bond acceptors (Lipinski definition) is 5. The van der Waals surface area contributed by atoms with Crippen LogP contribution in [0.3, 0.4) is 0 Å². The Bertz CT molecular complexity index is 703. The number of nitrogens with one attached hydrogen (secondary N) is 1. The van der Waals surface area contributed by atoms with E-state index in [0.29, 0.717) is 25.5 Å². The maximum absolute atomic E-state index is 12.4. The lowest BCUT2D eigenvalue weighted by Crippen LogP contribution is -2.50. The van der Waals surface area contributed by atoms with E-state index in [-0.39, 0.29) is 12.1 Å². The number of methoxy groups -OCH3 is 1. The second-order valence-corrected chi connectivity index (χ2v) is 6.26. The number of urea groups is 1. The number of aromatic nitrogens is 4. The molecule has 9 heteroatoms. The number of ether oxygens (including phenoxy) is 1. The molecule has 0 aliphatic carbocycles. The Hall–Kier alpha value is -2.55. The van der Waals surface area contributed by atoms with Gasteiger partial charge in [0.15, 0.2) is 5.82 Å². The molecular weight excluding hydrogens is 322 g/mol. The molecule has 1 fully saturated rings. The summed E-state index contributed by atoms with van der Waals surface area (Å²) >= 11 is 0. The second-order valence-electron chi connectivity index (χ2n) is 6.26. The van der Waals surface area contributed by atoms with E-state index >= 15 is 0 Å². The van der Waals surface area contributed by atoms with Crippen LogP contribution < -0.4 is 10.2 Å². The van der Waals surface area contributed by atoms with Gasteiger partial charge in [-0.15, -0.1) is 0 Å². The Balaban J connectivity index is 1.51. The maximum Gasteiger partial charge on any atom is 0.323 e. The van der Waals surface area contributed by atoms with Gasteiger partial charge in [-0.1, -0.05) is 0 Å². The van der Waals surface area contributed by atoms with Crippen LogP contribution in [0.25, 0.3) is 0 Å². The van der Waals surface area contributed by atoms with Gasteiger partial charge in [-0.3, -0.25) is 14.7 Å². The van der Waals surface area contributed by atoms with E-state index in [0.717, 1.165) is 18.8 Å². The quantitative estimate of drug-likeness (QED) is 0.878. The van der Waals surface area contributed by atoms with Gasteiger partial charge in [-0.05, 0) is 6.92 Å². The van der Waals surface area contributed by atoms with E-state index in [1.54, 1.807) is 22.5 Å². The number of carbonyl (C=O) groups excluding carboxylic acids is 1. The van der Waals surface area contributed by atoms with Crippen LogP contribution in [0.4, 0.5) is 16.3 Å². The van der Waals surface area contributed by atoms with Gasteiger partial charge in [0, 0.05) is 58.8 Å². The van der Waals surface area contributed by atoms with Gasteiger partial charge in [0.25, 0.3) is 0 Å². The van der Waals surface area contributed by atoms with Gasteiger partial charge in [0.1, 0.15) is 0 Å². The highest BCUT2D eigenvalue weighted by molar-refractivity contribution is 5.88. The van der Waals surface area contributed by atoms with Crippen LogP contribution in [0.5, 0.6) is 0 Å². The number of carbonyl (C=O) groups is 1. The van der Waals surface area contributed by atoms with Crippen LogP contribution in [0.15, 0.2) is 24.7 Å². The third-order valence-electron chi connectivity index (χ3n) is 4.33. The van der Waals surface area contributed by atoms with Crippen molar-refractivity contribution in [1.82, 2.24) is 24.5 Å². The average molecular weight is 347 g/mol. The van der Waals surface area contributed by atoms with Crippen molar-refractivity contribution >= 4 is 17.5 Å². The zero-order valence-corrected chi connectivity index (χ0v) is 14.9. The molecule has 1 N–H and O–H groups in total. The highest BCUT2D eigenvalue weighted by Crippen LogP contribution is 2.16. The Labute approximate surface area is 147 Å². The van der Waals surface area contributed by atoms with Crippen LogP contribution in [0.2, 0.25) is 0 Å². The number of aryl methyl sites for hydroxylation is 1. The largest absolute Gasteiger partial charge is 0.382 e. The summed E-state index contributed by atoms with van der Waals surface area (Å²) in [7, 11) is 3.56. The molecule has 1 aliphatic rings. The van der Waals surface area contributed by atoms with Gasteiger partial charge in [0.05, 0.1) is 24.5 Å². The lowest BCUT2D eigenvalue weighted by Gasteiger charge is -2.35. The Morgan fingerprint density at radius 3 is 2.76 bits per heavy atom. The summed E-state index contributed by atoms with van der Waals surface area (Å²) in [5.41, 5.74) is 1.09. The molecule has 2 aromatic rings. The van der Waals surface area contributed by atoms with Crippen molar-refractivity contribution in [3.05, 3.63) is 24.7 Å². The first-order valence-electron chi connectivity index (χ1n) is 8.40. The fourth-order valence-electron chi connectivity index (χ4n) is 2.90. The molecule has 0 saturated carbocycles. The Kier molecular flexibility index (Phi) is 5.22. The molecule has 1 atom stereocenters. The molecule has 25 heavy (non-hydrogen) atoms. The summed E-state index contributed by atoms with van der Waals surface area (Å²) < 4.78 is 8.70. The summed E-state index contributed by atoms with van der Waals surface area (Å²) in [4.78, 5) is 16.5. The monoisotopic (exact) mass is 347 g/mol. The topological polar surface area (TPSA) is 80.5 Å². The SMILES string of the molecule is COC[C@@H](C)n1ccc(NC(=O)N2CCN(c3cnn(C)c3)CC2)n1. The lowest BCUT2D eigenvalue weighted by molar-refractivity contribution is 0.157. The summed E-state index contributed by atoms with van der Waals surface area (Å²) in [6.45, 7) is 5.50. The minimum Gasteiger partial charge on any atom is -0.382 e. The zero-order valence-electron chi connectivity index (χ0n) is 14.9. The van der Waals surface area contributed by atoms with Crippen molar-refractivity contribution in [2.75, 3.05) is 50.1 Å². The lowest BCUT2D eigenvalue weighted by atomic mass is 10.3. The van der Waals surface area contributed by atoms with Gasteiger partial charge in [-0.2, -0.15) is 10.2 Å². The van der Waals surface area contributed by atoms with Crippen molar-refractivity contribution < 1.29 is 9.53 Å². The fourth-order valence-corrected chi connectivity index (χ4v) is 2.90. The number of nitrogens with zero attached hydrogens (tertiary/aromatic N) is 6. The standard InChI is InChI=1S/C16H25N7O2/c1-13(12-25-3)23-5-4-15(19-23)18-16(24)22-8-6-21(7-9-22)14-10-17-20(2)11-14/h4-5,10-11,13H,6-9,12H2,1-3H3,(H,18,19,24)/t13-/m1/s1. The Morgan fingerprint density at radius 2 is 2.12 bits per heavy atom. The summed E-state index contributed by atoms with van der Waals surface area (Å²) in [6, 6.07) is 1.81. The molecule has 136 valence electrons. The van der Waals surface area contributed by atoms with E-state index in [1.807, 2.05) is 37.5 Å². The molecule has 0 spiro atoms. The van der Waals surface area contributed by atoms with Gasteiger partial charge in [-0.25, -0.2) is 4.79 Å². The first kappa shape index (κ1) is 17.3. The van der Waals surface area contributed by atoms with E-state index < -0.39 is 0 Å². The third kappa shape index (κ3) is 4.11. The molecule has 0 radical (unpaired) electrons. The van der Waals surface area contributed by atoms with Crippen molar-refractivity contribution in [1.29, 1.82) is 0 Å². The predicted molar refractivity (Wildman–Crippen MR) is 94.8 cm³/mol. The van der Waals surface area contributed by atoms with Crippen molar-refractivity contribution in [2.45, 2.75) is 13.0 Å². The molecule has 3 heterocycles. The Morgan fingerprint density at radius 1 is 1.36 bits per heavy atom. The third-order valence-corrected chi connectivity index (χ3v) is 4.33. The molecule has 2 amide bonds. The van der Waals surface area contributed by atoms with Crippen molar-refractivity contribution in [2.24, 2.45) is 7.05 Å². The molecule has 0 bridgehead atoms. The van der Waals surface area contributed by atoms with Crippen LogP contribution in [0, 0.1) is 0 Å². The van der Waals surface area contributed by atoms with E-state index in [1.165, 1.54) is 0 Å². The fraction of sp³-hybridized carbons (Fsp3) is 0.562. The number of piperazine rings is 1. The smallest absolute Gasteiger partial charge is 0.323 e. The molecule has 0 unspecified atom stereocenters. The summed E-state index contributed by atoms with van der Waals surface area (Å²) in [5, 5.41) is 11.4. The van der Waals surface area contributed by atoms with Gasteiger partial charge >= 0.3 is 6.03 Å². The first-order valence-corrected chi connectivity index (χ1v) is 8.40. The summed E-state index contributed by atoms with van der Waals surface area (Å²) in [5.74, 6) is 0.558. The van der Waals surface area contributed by atoms with E-state index in [9.17, 15) is 4.79 Å². The predicted octanol–water partition coefficient (Wildman–Crippen LogP) is 1.18. The van der Waals surface area contributed by atoms with Gasteiger partial charge < -0.3 is 14.5 Å². The van der Waals surface area contributed by atoms with Crippen LogP contribution >= 0.6 is 0 Å². The number of amides is 2.